The van der Waals surface area contributed by atoms with Crippen LogP contribution >= 0.6 is 0 Å². The van der Waals surface area contributed by atoms with Crippen LogP contribution < -0.4 is 5.32 Å². The summed E-state index contributed by atoms with van der Waals surface area (Å²) in [5.41, 5.74) is 2.36. The standard InChI is InChI=1S/C14H8N4O2/c15-6-9-3-4-16-7-11(9)14(19)18-10-1-2-12-13(5-10)20-8-17-12/h1-5,7-8H,(H,18,19). The summed E-state index contributed by atoms with van der Waals surface area (Å²) < 4.78 is 5.16. The van der Waals surface area contributed by atoms with Crippen LogP contribution in [0.15, 0.2) is 47.5 Å². The number of benzene rings is 1. The summed E-state index contributed by atoms with van der Waals surface area (Å²) in [6, 6.07) is 8.57. The minimum atomic E-state index is -0.395. The molecule has 96 valence electrons. The minimum Gasteiger partial charge on any atom is -0.443 e. The minimum absolute atomic E-state index is 0.229. The molecule has 0 saturated heterocycles. The van der Waals surface area contributed by atoms with Crippen LogP contribution in [0.1, 0.15) is 15.9 Å². The van der Waals surface area contributed by atoms with Gasteiger partial charge in [0.25, 0.3) is 5.91 Å². The van der Waals surface area contributed by atoms with E-state index in [0.717, 1.165) is 0 Å². The largest absolute Gasteiger partial charge is 0.443 e. The Bertz CT molecular complexity index is 832. The predicted molar refractivity (Wildman–Crippen MR) is 70.9 cm³/mol. The summed E-state index contributed by atoms with van der Waals surface area (Å²) in [5, 5.41) is 11.7. The lowest BCUT2D eigenvalue weighted by Crippen LogP contribution is -2.13. The SMILES string of the molecule is N#Cc1ccncc1C(=O)Nc1ccc2ncoc2c1. The third-order valence-corrected chi connectivity index (χ3v) is 2.78. The molecule has 6 nitrogen and oxygen atoms in total. The number of nitrogens with zero attached hydrogens (tertiary/aromatic N) is 3. The van der Waals surface area contributed by atoms with Gasteiger partial charge in [-0.05, 0) is 18.2 Å². The molecule has 6 heteroatoms. The molecule has 0 saturated carbocycles. The molecule has 0 aliphatic carbocycles. The van der Waals surface area contributed by atoms with E-state index in [1.54, 1.807) is 18.2 Å². The maximum Gasteiger partial charge on any atom is 0.258 e. The fraction of sp³-hybridized carbons (Fsp3) is 0. The van der Waals surface area contributed by atoms with E-state index in [0.29, 0.717) is 16.8 Å². The van der Waals surface area contributed by atoms with Crippen molar-refractivity contribution < 1.29 is 9.21 Å². The van der Waals surface area contributed by atoms with Crippen LogP contribution in [0, 0.1) is 11.3 Å². The number of hydrogen-bond acceptors (Lipinski definition) is 5. The van der Waals surface area contributed by atoms with Crippen LogP contribution in [0.4, 0.5) is 5.69 Å². The first-order valence-corrected chi connectivity index (χ1v) is 5.76. The second-order valence-corrected chi connectivity index (χ2v) is 4.02. The average Bonchev–Trinajstić information content (AvgIpc) is 2.94. The van der Waals surface area contributed by atoms with E-state index in [-0.39, 0.29) is 11.1 Å². The van der Waals surface area contributed by atoms with Crippen LogP contribution in [0.25, 0.3) is 11.1 Å². The van der Waals surface area contributed by atoms with E-state index in [1.807, 2.05) is 6.07 Å². The van der Waals surface area contributed by atoms with E-state index in [9.17, 15) is 4.79 Å². The van der Waals surface area contributed by atoms with Gasteiger partial charge in [-0.1, -0.05) is 0 Å². The van der Waals surface area contributed by atoms with Gasteiger partial charge in [0.05, 0.1) is 11.1 Å². The fourth-order valence-electron chi connectivity index (χ4n) is 1.80. The van der Waals surface area contributed by atoms with Crippen molar-refractivity contribution in [1.82, 2.24) is 9.97 Å². The smallest absolute Gasteiger partial charge is 0.258 e. The molecule has 0 aliphatic rings. The van der Waals surface area contributed by atoms with Gasteiger partial charge >= 0.3 is 0 Å². The van der Waals surface area contributed by atoms with Crippen LogP contribution in [0.3, 0.4) is 0 Å². The van der Waals surface area contributed by atoms with Gasteiger partial charge in [-0.15, -0.1) is 0 Å². The van der Waals surface area contributed by atoms with E-state index >= 15 is 0 Å². The number of carbonyl (C=O) groups excluding carboxylic acids is 1. The molecule has 20 heavy (non-hydrogen) atoms. The Hall–Kier alpha value is -3.20. The van der Waals surface area contributed by atoms with Crippen LogP contribution in [0.2, 0.25) is 0 Å². The highest BCUT2D eigenvalue weighted by Gasteiger charge is 2.12. The van der Waals surface area contributed by atoms with Crippen molar-refractivity contribution >= 4 is 22.7 Å². The monoisotopic (exact) mass is 264 g/mol. The number of aromatic nitrogens is 2. The van der Waals surface area contributed by atoms with Gasteiger partial charge in [-0.25, -0.2) is 4.98 Å². The van der Waals surface area contributed by atoms with Crippen LogP contribution in [0.5, 0.6) is 0 Å². The normalized spacial score (nSPS) is 10.2. The number of oxazole rings is 1. The summed E-state index contributed by atoms with van der Waals surface area (Å²) in [6.45, 7) is 0. The first-order valence-electron chi connectivity index (χ1n) is 5.76. The maximum atomic E-state index is 12.1. The van der Waals surface area contributed by atoms with Gasteiger partial charge in [0.2, 0.25) is 0 Å². The fourth-order valence-corrected chi connectivity index (χ4v) is 1.80. The van der Waals surface area contributed by atoms with Crippen LogP contribution in [-0.2, 0) is 0 Å². The van der Waals surface area contributed by atoms with Gasteiger partial charge in [0.1, 0.15) is 11.6 Å². The second kappa shape index (κ2) is 4.82. The van der Waals surface area contributed by atoms with Crippen molar-refractivity contribution in [3.05, 3.63) is 54.2 Å². The molecule has 0 bridgehead atoms. The summed E-state index contributed by atoms with van der Waals surface area (Å²) in [4.78, 5) is 20.0. The summed E-state index contributed by atoms with van der Waals surface area (Å²) in [6.07, 6.45) is 4.17. The first kappa shape index (κ1) is 11.9. The number of carbonyl (C=O) groups is 1. The predicted octanol–water partition coefficient (Wildman–Crippen LogP) is 2.35. The Balaban J connectivity index is 1.90. The van der Waals surface area contributed by atoms with Gasteiger partial charge in [0.15, 0.2) is 12.0 Å². The van der Waals surface area contributed by atoms with E-state index in [1.165, 1.54) is 24.9 Å². The molecule has 0 atom stereocenters. The van der Waals surface area contributed by atoms with Crippen molar-refractivity contribution in [3.8, 4) is 6.07 Å². The molecule has 1 N–H and O–H groups in total. The number of rotatable bonds is 2. The summed E-state index contributed by atoms with van der Waals surface area (Å²) in [7, 11) is 0. The number of anilines is 1. The van der Waals surface area contributed by atoms with Gasteiger partial charge < -0.3 is 9.73 Å². The molecule has 0 unspecified atom stereocenters. The third-order valence-electron chi connectivity index (χ3n) is 2.78. The molecule has 2 heterocycles. The van der Waals surface area contributed by atoms with Crippen molar-refractivity contribution in [3.63, 3.8) is 0 Å². The summed E-state index contributed by atoms with van der Waals surface area (Å²) >= 11 is 0. The number of fused-ring (bicyclic) bond motifs is 1. The first-order chi connectivity index (χ1) is 9.78. The van der Waals surface area contributed by atoms with E-state index < -0.39 is 5.91 Å². The van der Waals surface area contributed by atoms with Crippen molar-refractivity contribution in [1.29, 1.82) is 5.26 Å². The maximum absolute atomic E-state index is 12.1. The average molecular weight is 264 g/mol. The topological polar surface area (TPSA) is 91.8 Å². The Kier molecular flexibility index (Phi) is 2.86. The van der Waals surface area contributed by atoms with Crippen molar-refractivity contribution in [2.45, 2.75) is 0 Å². The van der Waals surface area contributed by atoms with Gasteiger partial charge in [0, 0.05) is 24.1 Å². The van der Waals surface area contributed by atoms with E-state index in [2.05, 4.69) is 15.3 Å². The second-order valence-electron chi connectivity index (χ2n) is 4.02. The van der Waals surface area contributed by atoms with E-state index in [4.69, 9.17) is 9.68 Å². The third kappa shape index (κ3) is 2.08. The Morgan fingerprint density at radius 3 is 3.10 bits per heavy atom. The lowest BCUT2D eigenvalue weighted by molar-refractivity contribution is 0.102. The zero-order valence-corrected chi connectivity index (χ0v) is 10.2. The molecule has 0 radical (unpaired) electrons. The molecular weight excluding hydrogens is 256 g/mol. The lowest BCUT2D eigenvalue weighted by Gasteiger charge is -2.05. The number of pyridine rings is 1. The van der Waals surface area contributed by atoms with Gasteiger partial charge in [-0.2, -0.15) is 5.26 Å². The molecular formula is C14H8N4O2. The molecule has 3 aromatic rings. The Morgan fingerprint density at radius 2 is 2.25 bits per heavy atom. The Morgan fingerprint density at radius 1 is 1.35 bits per heavy atom. The highest BCUT2D eigenvalue weighted by atomic mass is 16.3. The van der Waals surface area contributed by atoms with Gasteiger partial charge in [-0.3, -0.25) is 9.78 Å². The molecule has 2 aromatic heterocycles. The molecule has 3 rings (SSSR count). The zero-order chi connectivity index (χ0) is 13.9. The zero-order valence-electron chi connectivity index (χ0n) is 10.2. The molecule has 0 spiro atoms. The quantitative estimate of drug-likeness (QED) is 0.767. The molecule has 0 aliphatic heterocycles. The number of amides is 1. The lowest BCUT2D eigenvalue weighted by atomic mass is 10.1. The van der Waals surface area contributed by atoms with Crippen LogP contribution in [-0.4, -0.2) is 15.9 Å². The van der Waals surface area contributed by atoms with Crippen molar-refractivity contribution in [2.75, 3.05) is 5.32 Å². The number of nitriles is 1. The molecule has 1 aromatic carbocycles. The molecule has 0 fully saturated rings. The highest BCUT2D eigenvalue weighted by molar-refractivity contribution is 6.06. The molecule has 1 amide bonds. The highest BCUT2D eigenvalue weighted by Crippen LogP contribution is 2.18. The number of hydrogen-bond donors (Lipinski definition) is 1. The Labute approximate surface area is 113 Å². The number of nitrogens with one attached hydrogen (secondary N) is 1. The summed E-state index contributed by atoms with van der Waals surface area (Å²) in [5.74, 6) is -0.395. The van der Waals surface area contributed by atoms with Crippen molar-refractivity contribution in [2.24, 2.45) is 0 Å².